The first kappa shape index (κ1) is 32.2. The second kappa shape index (κ2) is 13.3. The highest BCUT2D eigenvalue weighted by atomic mass is 15.0. The maximum atomic E-state index is 2.42. The predicted octanol–water partition coefficient (Wildman–Crippen LogP) is 14.8. The number of para-hydroxylation sites is 2. The summed E-state index contributed by atoms with van der Waals surface area (Å²) in [6, 6.07) is 80.3. The van der Waals surface area contributed by atoms with Gasteiger partial charge in [-0.1, -0.05) is 188 Å². The van der Waals surface area contributed by atoms with E-state index in [1.165, 1.54) is 93.1 Å². The van der Waals surface area contributed by atoms with E-state index in [2.05, 4.69) is 223 Å². The van der Waals surface area contributed by atoms with Crippen molar-refractivity contribution in [1.29, 1.82) is 0 Å². The molecular weight excluding hydrogens is 675 g/mol. The minimum atomic E-state index is -0.0288. The van der Waals surface area contributed by atoms with E-state index in [0.29, 0.717) is 0 Å². The molecule has 11 aromatic rings. The lowest BCUT2D eigenvalue weighted by molar-refractivity contribution is 0.992. The first-order valence-electron chi connectivity index (χ1n) is 19.5. The average molecular weight is 712 g/mol. The van der Waals surface area contributed by atoms with Crippen molar-refractivity contribution in [2.75, 3.05) is 0 Å². The van der Waals surface area contributed by atoms with Crippen LogP contribution < -0.4 is 0 Å². The van der Waals surface area contributed by atoms with Crippen molar-refractivity contribution >= 4 is 54.1 Å². The van der Waals surface area contributed by atoms with Gasteiger partial charge in [-0.15, -0.1) is 0 Å². The highest BCUT2D eigenvalue weighted by Crippen LogP contribution is 2.45. The molecule has 11 rings (SSSR count). The molecule has 0 aliphatic carbocycles. The van der Waals surface area contributed by atoms with E-state index in [1.807, 2.05) is 0 Å². The molecule has 0 N–H and O–H groups in total. The molecule has 0 radical (unpaired) electrons. The van der Waals surface area contributed by atoms with Gasteiger partial charge in [-0.05, 0) is 102 Å². The van der Waals surface area contributed by atoms with Crippen molar-refractivity contribution in [2.24, 2.45) is 0 Å². The number of aromatic nitrogens is 1. The topological polar surface area (TPSA) is 4.93 Å². The molecule has 0 aliphatic rings. The van der Waals surface area contributed by atoms with Gasteiger partial charge in [-0.25, -0.2) is 0 Å². The molecule has 0 saturated carbocycles. The number of benzene rings is 10. The van der Waals surface area contributed by atoms with Crippen LogP contribution in [-0.2, 0) is 0 Å². The molecule has 0 fully saturated rings. The molecule has 0 saturated heterocycles. The lowest BCUT2D eigenvalue weighted by Crippen LogP contribution is -2.06. The fourth-order valence-corrected chi connectivity index (χ4v) is 9.27. The number of hydrogen-bond donors (Lipinski definition) is 0. The largest absolute Gasteiger partial charge is 0.309 e. The fourth-order valence-electron chi connectivity index (χ4n) is 9.27. The molecule has 0 aliphatic heterocycles. The van der Waals surface area contributed by atoms with Crippen LogP contribution in [0, 0.1) is 0 Å². The van der Waals surface area contributed by atoms with Crippen LogP contribution in [0.3, 0.4) is 0 Å². The summed E-state index contributed by atoms with van der Waals surface area (Å²) in [7, 11) is 0. The first-order valence-corrected chi connectivity index (χ1v) is 19.5. The summed E-state index contributed by atoms with van der Waals surface area (Å²) in [6.07, 6.45) is 0. The van der Waals surface area contributed by atoms with Gasteiger partial charge in [0.15, 0.2) is 0 Å². The first-order chi connectivity index (χ1) is 27.8. The molecule has 1 atom stereocenters. The highest BCUT2D eigenvalue weighted by Gasteiger charge is 2.25. The van der Waals surface area contributed by atoms with E-state index in [4.69, 9.17) is 0 Å². The molecule has 262 valence electrons. The molecule has 56 heavy (non-hydrogen) atoms. The maximum absolute atomic E-state index is 2.42. The minimum Gasteiger partial charge on any atom is -0.309 e. The van der Waals surface area contributed by atoms with Crippen molar-refractivity contribution in [2.45, 2.75) is 5.92 Å². The SMILES string of the molecule is c1ccc(-c2ccccc2C(c2ccc(-c3cc4ccc5ccccc5c4c4ccccc34)cc2)c2cccc3c2c2ccccc2n3-c2ccccc2)cc1. The monoisotopic (exact) mass is 711 g/mol. The molecule has 0 spiro atoms. The third-order valence-corrected chi connectivity index (χ3v) is 11.7. The lowest BCUT2D eigenvalue weighted by Gasteiger charge is -2.24. The van der Waals surface area contributed by atoms with Crippen LogP contribution in [0.2, 0.25) is 0 Å². The minimum absolute atomic E-state index is 0.0288. The van der Waals surface area contributed by atoms with Gasteiger partial charge in [0.25, 0.3) is 0 Å². The highest BCUT2D eigenvalue weighted by molar-refractivity contribution is 6.23. The zero-order chi connectivity index (χ0) is 37.0. The summed E-state index contributed by atoms with van der Waals surface area (Å²) in [4.78, 5) is 0. The van der Waals surface area contributed by atoms with Crippen LogP contribution in [0.4, 0.5) is 0 Å². The lowest BCUT2D eigenvalue weighted by atomic mass is 9.79. The van der Waals surface area contributed by atoms with E-state index < -0.39 is 0 Å². The maximum Gasteiger partial charge on any atom is 0.0544 e. The third kappa shape index (κ3) is 5.16. The smallest absolute Gasteiger partial charge is 0.0544 e. The van der Waals surface area contributed by atoms with Crippen LogP contribution in [0.5, 0.6) is 0 Å². The number of hydrogen-bond acceptors (Lipinski definition) is 0. The molecule has 10 aromatic carbocycles. The molecule has 0 amide bonds. The quantitative estimate of drug-likeness (QED) is 0.120. The summed E-state index contributed by atoms with van der Waals surface area (Å²) in [6.45, 7) is 0. The fraction of sp³-hybridized carbons (Fsp3) is 0.0182. The zero-order valence-corrected chi connectivity index (χ0v) is 30.8. The molecule has 1 aromatic heterocycles. The second-order valence-corrected chi connectivity index (χ2v) is 14.8. The normalized spacial score (nSPS) is 12.2. The van der Waals surface area contributed by atoms with Gasteiger partial charge in [0.2, 0.25) is 0 Å². The Kier molecular flexibility index (Phi) is 7.64. The molecule has 0 bridgehead atoms. The standard InChI is InChI=1S/C55H37N/c1-3-16-37(17-4-1)43-21-9-11-24-46(43)53(49-27-15-29-52-55(49)48-26-13-14-28-51(48)56(52)42-19-5-2-6-20-42)40-33-30-39(31-34-40)50-36-41-35-32-38-18-7-8-22-44(38)54(41)47-25-12-10-23-45(47)50/h1-36,53H. The number of rotatable bonds is 6. The molecular formula is C55H37N. The molecule has 1 heteroatoms. The van der Waals surface area contributed by atoms with Gasteiger partial charge in [-0.3, -0.25) is 0 Å². The van der Waals surface area contributed by atoms with E-state index in [-0.39, 0.29) is 5.92 Å². The van der Waals surface area contributed by atoms with Gasteiger partial charge in [-0.2, -0.15) is 0 Å². The Morgan fingerprint density at radius 3 is 1.73 bits per heavy atom. The van der Waals surface area contributed by atoms with Gasteiger partial charge in [0.1, 0.15) is 0 Å². The van der Waals surface area contributed by atoms with Gasteiger partial charge < -0.3 is 4.57 Å². The van der Waals surface area contributed by atoms with Crippen molar-refractivity contribution in [3.8, 4) is 27.9 Å². The summed E-state index contributed by atoms with van der Waals surface area (Å²) in [5.74, 6) is -0.0288. The summed E-state index contributed by atoms with van der Waals surface area (Å²) >= 11 is 0. The van der Waals surface area contributed by atoms with Crippen molar-refractivity contribution in [3.63, 3.8) is 0 Å². The van der Waals surface area contributed by atoms with E-state index >= 15 is 0 Å². The Bertz CT molecular complexity index is 3230. The number of nitrogens with zero attached hydrogens (tertiary/aromatic N) is 1. The van der Waals surface area contributed by atoms with Crippen LogP contribution >= 0.6 is 0 Å². The van der Waals surface area contributed by atoms with Gasteiger partial charge in [0.05, 0.1) is 11.0 Å². The third-order valence-electron chi connectivity index (χ3n) is 11.7. The Balaban J connectivity index is 1.15. The Morgan fingerprint density at radius 1 is 0.321 bits per heavy atom. The summed E-state index contributed by atoms with van der Waals surface area (Å²) in [5, 5.41) is 10.3. The van der Waals surface area contributed by atoms with Crippen molar-refractivity contribution < 1.29 is 0 Å². The van der Waals surface area contributed by atoms with Crippen LogP contribution in [0.15, 0.2) is 218 Å². The van der Waals surface area contributed by atoms with Crippen molar-refractivity contribution in [3.05, 3.63) is 235 Å². The molecule has 1 heterocycles. The van der Waals surface area contributed by atoms with Crippen LogP contribution in [0.1, 0.15) is 22.6 Å². The molecule has 1 unspecified atom stereocenters. The Morgan fingerprint density at radius 2 is 0.911 bits per heavy atom. The Labute approximate surface area is 326 Å². The summed E-state index contributed by atoms with van der Waals surface area (Å²) < 4.78 is 2.42. The van der Waals surface area contributed by atoms with Crippen molar-refractivity contribution in [1.82, 2.24) is 4.57 Å². The average Bonchev–Trinajstić information content (AvgIpc) is 3.62. The van der Waals surface area contributed by atoms with E-state index in [1.54, 1.807) is 0 Å². The van der Waals surface area contributed by atoms with E-state index in [9.17, 15) is 0 Å². The zero-order valence-electron chi connectivity index (χ0n) is 30.8. The Hall–Kier alpha value is -7.22. The predicted molar refractivity (Wildman–Crippen MR) is 238 cm³/mol. The van der Waals surface area contributed by atoms with Gasteiger partial charge in [0, 0.05) is 22.4 Å². The second-order valence-electron chi connectivity index (χ2n) is 14.8. The van der Waals surface area contributed by atoms with E-state index in [0.717, 1.165) is 5.69 Å². The van der Waals surface area contributed by atoms with Gasteiger partial charge >= 0.3 is 0 Å². The number of fused-ring (bicyclic) bond motifs is 8. The summed E-state index contributed by atoms with van der Waals surface area (Å²) in [5.41, 5.74) is 12.4. The van der Waals surface area contributed by atoms with Crippen LogP contribution in [0.25, 0.3) is 82.1 Å². The van der Waals surface area contributed by atoms with Crippen LogP contribution in [-0.4, -0.2) is 4.57 Å². The molecule has 1 nitrogen and oxygen atoms in total.